The topological polar surface area (TPSA) is 69.7 Å². The number of anilines is 1. The van der Waals surface area contributed by atoms with Crippen molar-refractivity contribution in [3.63, 3.8) is 0 Å². The zero-order valence-electron chi connectivity index (χ0n) is 21.8. The number of carbonyl (C=O) groups excluding carboxylic acids is 3. The van der Waals surface area contributed by atoms with Gasteiger partial charge in [-0.2, -0.15) is 0 Å². The summed E-state index contributed by atoms with van der Waals surface area (Å²) in [7, 11) is 0. The van der Waals surface area contributed by atoms with Crippen molar-refractivity contribution >= 4 is 34.2 Å². The summed E-state index contributed by atoms with van der Waals surface area (Å²) in [4.78, 5) is 43.0. The molecule has 1 atom stereocenters. The van der Waals surface area contributed by atoms with Crippen molar-refractivity contribution in [1.29, 1.82) is 0 Å². The molecule has 3 amide bonds. The van der Waals surface area contributed by atoms with Gasteiger partial charge in [0.2, 0.25) is 11.8 Å². The number of hydrogen-bond donors (Lipinski definition) is 1. The zero-order chi connectivity index (χ0) is 26.6. The van der Waals surface area contributed by atoms with Crippen LogP contribution < -0.4 is 10.2 Å². The average molecular weight is 516 g/mol. The second kappa shape index (κ2) is 11.3. The van der Waals surface area contributed by atoms with Crippen LogP contribution in [0.3, 0.4) is 0 Å². The molecule has 0 radical (unpaired) electrons. The van der Waals surface area contributed by atoms with E-state index in [1.807, 2.05) is 36.4 Å². The molecule has 6 nitrogen and oxygen atoms in total. The first-order valence-electron chi connectivity index (χ1n) is 13.6. The fraction of sp³-hybridized carbons (Fsp3) is 0.387. The first kappa shape index (κ1) is 25.9. The van der Waals surface area contributed by atoms with Crippen LogP contribution in [0.15, 0.2) is 60.7 Å². The lowest BCUT2D eigenvalue weighted by molar-refractivity contribution is -0.141. The van der Waals surface area contributed by atoms with E-state index in [2.05, 4.69) is 5.32 Å². The zero-order valence-corrected chi connectivity index (χ0v) is 21.8. The molecule has 1 aliphatic carbocycles. The van der Waals surface area contributed by atoms with Crippen molar-refractivity contribution in [3.05, 3.63) is 77.6 Å². The van der Waals surface area contributed by atoms with Gasteiger partial charge in [0.05, 0.1) is 5.69 Å². The van der Waals surface area contributed by atoms with E-state index in [1.54, 1.807) is 28.9 Å². The fourth-order valence-corrected chi connectivity index (χ4v) is 5.67. The van der Waals surface area contributed by atoms with E-state index in [0.717, 1.165) is 47.7 Å². The van der Waals surface area contributed by atoms with Crippen LogP contribution in [0.1, 0.15) is 67.8 Å². The highest BCUT2D eigenvalue weighted by Gasteiger charge is 2.31. The molecular weight excluding hydrogens is 481 g/mol. The molecule has 7 heteroatoms. The summed E-state index contributed by atoms with van der Waals surface area (Å²) in [6.45, 7) is 2.37. The van der Waals surface area contributed by atoms with Crippen molar-refractivity contribution in [3.8, 4) is 0 Å². The van der Waals surface area contributed by atoms with Crippen molar-refractivity contribution in [2.45, 2.75) is 70.5 Å². The van der Waals surface area contributed by atoms with E-state index in [0.29, 0.717) is 18.5 Å². The Balaban J connectivity index is 1.26. The summed E-state index contributed by atoms with van der Waals surface area (Å²) in [5.41, 5.74) is 2.32. The first-order valence-corrected chi connectivity index (χ1v) is 13.6. The van der Waals surface area contributed by atoms with Gasteiger partial charge in [0.1, 0.15) is 11.9 Å². The number of halogens is 1. The quantitative estimate of drug-likeness (QED) is 0.404. The van der Waals surface area contributed by atoms with Gasteiger partial charge in [-0.05, 0) is 61.4 Å². The number of benzene rings is 3. The molecule has 0 bridgehead atoms. The standard InChI is InChI=1S/C31H34FN3O3/c1-21(30(37)33-25-10-3-2-4-11-25)35(20-22-15-17-24(32)18-16-22)28(36)14-7-19-34-27-13-6-9-23-8-5-12-26(29(23)27)31(34)38/h5-6,8-9,12-13,15-18,21,25H,2-4,7,10-11,14,19-20H2,1H3,(H,33,37)/t21-/m0/s1. The molecule has 1 aliphatic heterocycles. The highest BCUT2D eigenvalue weighted by Crippen LogP contribution is 2.37. The van der Waals surface area contributed by atoms with E-state index in [1.165, 1.54) is 18.6 Å². The van der Waals surface area contributed by atoms with E-state index in [4.69, 9.17) is 0 Å². The molecule has 1 fully saturated rings. The maximum atomic E-state index is 13.5. The second-order valence-corrected chi connectivity index (χ2v) is 10.4. The second-order valence-electron chi connectivity index (χ2n) is 10.4. The SMILES string of the molecule is C[C@@H](C(=O)NC1CCCCC1)N(Cc1ccc(F)cc1)C(=O)CCCN1C(=O)c2cccc3cccc1c23. The van der Waals surface area contributed by atoms with Gasteiger partial charge in [-0.25, -0.2) is 4.39 Å². The van der Waals surface area contributed by atoms with Gasteiger partial charge in [-0.3, -0.25) is 14.4 Å². The van der Waals surface area contributed by atoms with Gasteiger partial charge in [-0.15, -0.1) is 0 Å². The maximum absolute atomic E-state index is 13.5. The van der Waals surface area contributed by atoms with Gasteiger partial charge in [-0.1, -0.05) is 55.7 Å². The summed E-state index contributed by atoms with van der Waals surface area (Å²) in [6, 6.07) is 17.1. The molecule has 198 valence electrons. The molecule has 3 aromatic rings. The van der Waals surface area contributed by atoms with Crippen LogP contribution in [-0.4, -0.2) is 41.2 Å². The van der Waals surface area contributed by atoms with Crippen LogP contribution in [0, 0.1) is 5.82 Å². The van der Waals surface area contributed by atoms with Gasteiger partial charge in [0, 0.05) is 36.5 Å². The predicted octanol–water partition coefficient (Wildman–Crippen LogP) is 5.59. The number of rotatable bonds is 9. The van der Waals surface area contributed by atoms with Gasteiger partial charge in [0.15, 0.2) is 0 Å². The average Bonchev–Trinajstić information content (AvgIpc) is 3.21. The summed E-state index contributed by atoms with van der Waals surface area (Å²) >= 11 is 0. The summed E-state index contributed by atoms with van der Waals surface area (Å²) in [5, 5.41) is 5.11. The molecule has 1 saturated carbocycles. The Morgan fingerprint density at radius 2 is 1.74 bits per heavy atom. The van der Waals surface area contributed by atoms with Crippen LogP contribution >= 0.6 is 0 Å². The Kier molecular flexibility index (Phi) is 7.72. The Labute approximate surface area is 222 Å². The van der Waals surface area contributed by atoms with Crippen molar-refractivity contribution in [2.24, 2.45) is 0 Å². The normalized spacial score (nSPS) is 16.1. The number of nitrogens with one attached hydrogen (secondary N) is 1. The van der Waals surface area contributed by atoms with Crippen molar-refractivity contribution in [2.75, 3.05) is 11.4 Å². The number of hydrogen-bond acceptors (Lipinski definition) is 3. The third-order valence-corrected chi connectivity index (χ3v) is 7.81. The molecule has 1 heterocycles. The lowest BCUT2D eigenvalue weighted by atomic mass is 9.95. The third-order valence-electron chi connectivity index (χ3n) is 7.81. The van der Waals surface area contributed by atoms with Crippen LogP contribution in [0.25, 0.3) is 10.8 Å². The van der Waals surface area contributed by atoms with Crippen molar-refractivity contribution < 1.29 is 18.8 Å². The highest BCUT2D eigenvalue weighted by molar-refractivity contribution is 6.25. The Bertz CT molecular complexity index is 1330. The highest BCUT2D eigenvalue weighted by atomic mass is 19.1. The van der Waals surface area contributed by atoms with Gasteiger partial charge in [0.25, 0.3) is 5.91 Å². The minimum absolute atomic E-state index is 0.0485. The molecule has 0 saturated heterocycles. The van der Waals surface area contributed by atoms with Crippen LogP contribution in [0.5, 0.6) is 0 Å². The van der Waals surface area contributed by atoms with E-state index >= 15 is 0 Å². The fourth-order valence-electron chi connectivity index (χ4n) is 5.67. The molecule has 0 unspecified atom stereocenters. The molecule has 0 spiro atoms. The van der Waals surface area contributed by atoms with Gasteiger partial charge >= 0.3 is 0 Å². The van der Waals surface area contributed by atoms with Crippen LogP contribution in [0.4, 0.5) is 10.1 Å². The maximum Gasteiger partial charge on any atom is 0.258 e. The smallest absolute Gasteiger partial charge is 0.258 e. The molecule has 2 aliphatic rings. The molecule has 0 aromatic heterocycles. The number of amides is 3. The Hall–Kier alpha value is -3.74. The van der Waals surface area contributed by atoms with Crippen LogP contribution in [0.2, 0.25) is 0 Å². The first-order chi connectivity index (χ1) is 18.4. The molecule has 3 aromatic carbocycles. The minimum Gasteiger partial charge on any atom is -0.352 e. The van der Waals surface area contributed by atoms with E-state index in [-0.39, 0.29) is 42.5 Å². The molecular formula is C31H34FN3O3. The van der Waals surface area contributed by atoms with Gasteiger partial charge < -0.3 is 15.1 Å². The molecule has 1 N–H and O–H groups in total. The van der Waals surface area contributed by atoms with E-state index < -0.39 is 6.04 Å². The monoisotopic (exact) mass is 515 g/mol. The summed E-state index contributed by atoms with van der Waals surface area (Å²) in [6.07, 6.45) is 5.97. The molecule has 38 heavy (non-hydrogen) atoms. The number of nitrogens with zero attached hydrogens (tertiary/aromatic N) is 2. The Morgan fingerprint density at radius 3 is 2.47 bits per heavy atom. The van der Waals surface area contributed by atoms with E-state index in [9.17, 15) is 18.8 Å². The van der Waals surface area contributed by atoms with Crippen molar-refractivity contribution in [1.82, 2.24) is 10.2 Å². The third kappa shape index (κ3) is 5.42. The Morgan fingerprint density at radius 1 is 1.03 bits per heavy atom. The number of carbonyl (C=O) groups is 3. The molecule has 5 rings (SSSR count). The summed E-state index contributed by atoms with van der Waals surface area (Å²) < 4.78 is 13.5. The van der Waals surface area contributed by atoms with Crippen LogP contribution in [-0.2, 0) is 16.1 Å². The predicted molar refractivity (Wildman–Crippen MR) is 146 cm³/mol. The largest absolute Gasteiger partial charge is 0.352 e. The lowest BCUT2D eigenvalue weighted by Gasteiger charge is -2.31. The minimum atomic E-state index is -0.666. The lowest BCUT2D eigenvalue weighted by Crippen LogP contribution is -2.50. The summed E-state index contributed by atoms with van der Waals surface area (Å²) in [5.74, 6) is -0.721.